The van der Waals surface area contributed by atoms with Gasteiger partial charge in [-0.15, -0.1) is 0 Å². The summed E-state index contributed by atoms with van der Waals surface area (Å²) in [6.07, 6.45) is 1.41. The summed E-state index contributed by atoms with van der Waals surface area (Å²) in [5.74, 6) is -0.103. The monoisotopic (exact) mass is 252 g/mol. The third-order valence-corrected chi connectivity index (χ3v) is 2.73. The van der Waals surface area contributed by atoms with E-state index >= 15 is 0 Å². The molecule has 0 fully saturated rings. The van der Waals surface area contributed by atoms with E-state index < -0.39 is 0 Å². The number of benzene rings is 1. The highest BCUT2D eigenvalue weighted by atomic mass is 35.5. The molecule has 0 unspecified atom stereocenters. The van der Waals surface area contributed by atoms with Crippen LogP contribution in [0.1, 0.15) is 24.2 Å². The van der Waals surface area contributed by atoms with Crippen LogP contribution in [0.15, 0.2) is 23.2 Å². The summed E-state index contributed by atoms with van der Waals surface area (Å²) >= 11 is 5.83. The van der Waals surface area contributed by atoms with Crippen LogP contribution < -0.4 is 0 Å². The number of nitrogens with zero attached hydrogens (tertiary/aromatic N) is 2. The molecule has 90 valence electrons. The van der Waals surface area contributed by atoms with Crippen molar-refractivity contribution in [3.63, 3.8) is 0 Å². The van der Waals surface area contributed by atoms with Crippen LogP contribution in [0.5, 0.6) is 0 Å². The molecular weight excluding hydrogens is 240 g/mol. The Morgan fingerprint density at radius 1 is 1.41 bits per heavy atom. The molecule has 4 nitrogen and oxygen atoms in total. The topological polar surface area (TPSA) is 49.7 Å². The first kappa shape index (κ1) is 13.4. The van der Waals surface area contributed by atoms with Gasteiger partial charge < -0.3 is 4.90 Å². The van der Waals surface area contributed by atoms with Crippen LogP contribution in [-0.2, 0) is 4.79 Å². The standard InChI is InChI=1S/C12H13ClN2O2/c1-3-15(4-2)12(17)9-5-6-10(13)11(7-9)14-8-16/h5-7H,3-4H2,1-2H3. The molecule has 0 saturated carbocycles. The Hall–Kier alpha value is -1.64. The van der Waals surface area contributed by atoms with Crippen molar-refractivity contribution >= 4 is 29.3 Å². The summed E-state index contributed by atoms with van der Waals surface area (Å²) in [7, 11) is 0. The summed E-state index contributed by atoms with van der Waals surface area (Å²) in [6.45, 7) is 5.07. The predicted octanol–water partition coefficient (Wildman–Crippen LogP) is 2.79. The summed E-state index contributed by atoms with van der Waals surface area (Å²) in [5.41, 5.74) is 0.728. The van der Waals surface area contributed by atoms with Crippen LogP contribution in [0.3, 0.4) is 0 Å². The van der Waals surface area contributed by atoms with Crippen molar-refractivity contribution in [3.8, 4) is 0 Å². The van der Waals surface area contributed by atoms with Crippen molar-refractivity contribution in [1.82, 2.24) is 4.90 Å². The van der Waals surface area contributed by atoms with E-state index in [0.717, 1.165) is 0 Å². The SMILES string of the molecule is CCN(CC)C(=O)c1ccc(Cl)c(N=C=O)c1. The summed E-state index contributed by atoms with van der Waals surface area (Å²) in [5, 5.41) is 0.324. The summed E-state index contributed by atoms with van der Waals surface area (Å²) < 4.78 is 0. The maximum Gasteiger partial charge on any atom is 0.253 e. The number of carbonyl (C=O) groups is 1. The Balaban J connectivity index is 3.11. The van der Waals surface area contributed by atoms with E-state index in [-0.39, 0.29) is 11.6 Å². The molecule has 1 aromatic carbocycles. The zero-order valence-corrected chi connectivity index (χ0v) is 10.5. The molecular formula is C12H13ClN2O2. The van der Waals surface area contributed by atoms with Crippen molar-refractivity contribution in [2.24, 2.45) is 4.99 Å². The van der Waals surface area contributed by atoms with Crippen LogP contribution in [0.2, 0.25) is 5.02 Å². The van der Waals surface area contributed by atoms with Crippen molar-refractivity contribution in [2.45, 2.75) is 13.8 Å². The van der Waals surface area contributed by atoms with Gasteiger partial charge >= 0.3 is 0 Å². The van der Waals surface area contributed by atoms with Gasteiger partial charge in [-0.3, -0.25) is 4.79 Å². The van der Waals surface area contributed by atoms with Gasteiger partial charge in [0.15, 0.2) is 0 Å². The number of isocyanates is 1. The molecule has 0 aliphatic heterocycles. The highest BCUT2D eigenvalue weighted by Gasteiger charge is 2.13. The van der Waals surface area contributed by atoms with Gasteiger partial charge in [0.25, 0.3) is 5.91 Å². The second-order valence-corrected chi connectivity index (χ2v) is 3.75. The molecule has 0 aliphatic rings. The Morgan fingerprint density at radius 3 is 2.59 bits per heavy atom. The number of aliphatic imine (C=N–C) groups is 1. The second kappa shape index (κ2) is 6.18. The third-order valence-electron chi connectivity index (χ3n) is 2.41. The number of halogens is 1. The number of amides is 1. The van der Waals surface area contributed by atoms with E-state index in [2.05, 4.69) is 4.99 Å². The van der Waals surface area contributed by atoms with Gasteiger partial charge in [0.1, 0.15) is 0 Å². The lowest BCUT2D eigenvalue weighted by molar-refractivity contribution is 0.0773. The number of rotatable bonds is 4. The van der Waals surface area contributed by atoms with E-state index in [1.54, 1.807) is 17.0 Å². The molecule has 0 aromatic heterocycles. The number of carbonyl (C=O) groups excluding carboxylic acids is 2. The maximum absolute atomic E-state index is 12.0. The van der Waals surface area contributed by atoms with Gasteiger partial charge in [0, 0.05) is 18.7 Å². The fourth-order valence-corrected chi connectivity index (χ4v) is 1.63. The molecule has 0 spiro atoms. The molecule has 1 rings (SSSR count). The van der Waals surface area contributed by atoms with Gasteiger partial charge in [0.05, 0.1) is 10.7 Å². The van der Waals surface area contributed by atoms with E-state index in [0.29, 0.717) is 23.7 Å². The summed E-state index contributed by atoms with van der Waals surface area (Å²) in [4.78, 5) is 27.4. The molecule has 5 heteroatoms. The normalized spacial score (nSPS) is 9.59. The Bertz CT molecular complexity index is 464. The Kier molecular flexibility index (Phi) is 4.88. The van der Waals surface area contributed by atoms with E-state index in [1.807, 2.05) is 13.8 Å². The van der Waals surface area contributed by atoms with Crippen LogP contribution >= 0.6 is 11.6 Å². The fourth-order valence-electron chi connectivity index (χ4n) is 1.47. The Morgan fingerprint density at radius 2 is 2.06 bits per heavy atom. The minimum Gasteiger partial charge on any atom is -0.339 e. The van der Waals surface area contributed by atoms with E-state index in [9.17, 15) is 9.59 Å². The fraction of sp³-hybridized carbons (Fsp3) is 0.333. The molecule has 1 aromatic rings. The molecule has 0 radical (unpaired) electrons. The van der Waals surface area contributed by atoms with Gasteiger partial charge in [0.2, 0.25) is 6.08 Å². The van der Waals surface area contributed by atoms with Crippen molar-refractivity contribution in [1.29, 1.82) is 0 Å². The van der Waals surface area contributed by atoms with Gasteiger partial charge in [-0.25, -0.2) is 4.79 Å². The number of hydrogen-bond donors (Lipinski definition) is 0. The molecule has 0 bridgehead atoms. The van der Waals surface area contributed by atoms with Crippen LogP contribution in [0, 0.1) is 0 Å². The van der Waals surface area contributed by atoms with E-state index in [1.165, 1.54) is 12.1 Å². The van der Waals surface area contributed by atoms with Gasteiger partial charge in [-0.2, -0.15) is 4.99 Å². The quantitative estimate of drug-likeness (QED) is 0.611. The lowest BCUT2D eigenvalue weighted by Crippen LogP contribution is -2.30. The minimum absolute atomic E-state index is 0.103. The van der Waals surface area contributed by atoms with E-state index in [4.69, 9.17) is 11.6 Å². The lowest BCUT2D eigenvalue weighted by Gasteiger charge is -2.18. The van der Waals surface area contributed by atoms with Gasteiger partial charge in [-0.1, -0.05) is 11.6 Å². The first-order chi connectivity index (χ1) is 8.13. The average Bonchev–Trinajstić information content (AvgIpc) is 2.33. The second-order valence-electron chi connectivity index (χ2n) is 3.35. The minimum atomic E-state index is -0.103. The zero-order chi connectivity index (χ0) is 12.8. The predicted molar refractivity (Wildman–Crippen MR) is 66.5 cm³/mol. The number of hydrogen-bond acceptors (Lipinski definition) is 3. The van der Waals surface area contributed by atoms with Crippen LogP contribution in [0.4, 0.5) is 5.69 Å². The summed E-state index contributed by atoms with van der Waals surface area (Å²) in [6, 6.07) is 4.66. The average molecular weight is 253 g/mol. The first-order valence-electron chi connectivity index (χ1n) is 5.30. The highest BCUT2D eigenvalue weighted by molar-refractivity contribution is 6.33. The molecule has 0 aliphatic carbocycles. The van der Waals surface area contributed by atoms with Crippen molar-refractivity contribution in [2.75, 3.05) is 13.1 Å². The maximum atomic E-state index is 12.0. The molecule has 0 saturated heterocycles. The van der Waals surface area contributed by atoms with Crippen molar-refractivity contribution < 1.29 is 9.59 Å². The third kappa shape index (κ3) is 3.16. The van der Waals surface area contributed by atoms with Gasteiger partial charge in [-0.05, 0) is 32.0 Å². The smallest absolute Gasteiger partial charge is 0.253 e. The molecule has 17 heavy (non-hydrogen) atoms. The van der Waals surface area contributed by atoms with Crippen molar-refractivity contribution in [3.05, 3.63) is 28.8 Å². The lowest BCUT2D eigenvalue weighted by atomic mass is 10.1. The first-order valence-corrected chi connectivity index (χ1v) is 5.68. The van der Waals surface area contributed by atoms with Crippen LogP contribution in [-0.4, -0.2) is 30.0 Å². The largest absolute Gasteiger partial charge is 0.339 e. The zero-order valence-electron chi connectivity index (χ0n) is 9.74. The molecule has 0 heterocycles. The molecule has 0 atom stereocenters. The molecule has 1 amide bonds. The Labute approximate surface area is 105 Å². The van der Waals surface area contributed by atoms with Crippen LogP contribution in [0.25, 0.3) is 0 Å². The molecule has 0 N–H and O–H groups in total. The highest BCUT2D eigenvalue weighted by Crippen LogP contribution is 2.25.